The number of likely N-dealkylation sites (tertiary alicyclic amines) is 1. The molecule has 4 nitrogen and oxygen atoms in total. The van der Waals surface area contributed by atoms with E-state index in [0.29, 0.717) is 12.2 Å². The second kappa shape index (κ2) is 9.00. The fourth-order valence-electron chi connectivity index (χ4n) is 4.29. The zero-order valence-corrected chi connectivity index (χ0v) is 17.8. The molecule has 0 aromatic heterocycles. The van der Waals surface area contributed by atoms with E-state index in [-0.39, 0.29) is 17.9 Å². The van der Waals surface area contributed by atoms with Gasteiger partial charge >= 0.3 is 5.97 Å². The number of hydrogen-bond acceptors (Lipinski definition) is 3. The number of aromatic hydroxyl groups is 1. The number of hydrogen-bond donors (Lipinski definition) is 2. The van der Waals surface area contributed by atoms with Gasteiger partial charge in [-0.1, -0.05) is 69.7 Å². The van der Waals surface area contributed by atoms with Gasteiger partial charge in [0, 0.05) is 12.0 Å². The summed E-state index contributed by atoms with van der Waals surface area (Å²) < 4.78 is 0. The molecule has 0 saturated carbocycles. The molecule has 0 bridgehead atoms. The van der Waals surface area contributed by atoms with Crippen molar-refractivity contribution in [2.75, 3.05) is 13.1 Å². The first-order chi connectivity index (χ1) is 13.8. The van der Waals surface area contributed by atoms with Gasteiger partial charge in [-0.25, -0.2) is 0 Å². The number of nitrogens with zero attached hydrogens (tertiary/aromatic N) is 1. The van der Waals surface area contributed by atoms with Crippen LogP contribution in [0.3, 0.4) is 0 Å². The number of aliphatic carboxylic acids is 1. The number of carboxylic acids is 1. The Bertz CT molecular complexity index is 833. The maximum Gasteiger partial charge on any atom is 0.303 e. The van der Waals surface area contributed by atoms with E-state index in [4.69, 9.17) is 5.11 Å². The van der Waals surface area contributed by atoms with Crippen molar-refractivity contribution >= 4 is 5.97 Å². The van der Waals surface area contributed by atoms with E-state index in [1.807, 2.05) is 30.3 Å². The molecule has 4 heteroatoms. The van der Waals surface area contributed by atoms with Crippen molar-refractivity contribution < 1.29 is 15.0 Å². The van der Waals surface area contributed by atoms with E-state index < -0.39 is 5.97 Å². The molecular weight excluding hydrogens is 362 g/mol. The van der Waals surface area contributed by atoms with Gasteiger partial charge in [-0.2, -0.15) is 0 Å². The smallest absolute Gasteiger partial charge is 0.303 e. The average Bonchev–Trinajstić information content (AvgIpc) is 2.69. The summed E-state index contributed by atoms with van der Waals surface area (Å²) in [6.45, 7) is 8.27. The Kier molecular flexibility index (Phi) is 6.63. The Balaban J connectivity index is 2.14. The van der Waals surface area contributed by atoms with Crippen LogP contribution in [0, 0.1) is 0 Å². The van der Waals surface area contributed by atoms with Crippen LogP contribution in [0.15, 0.2) is 42.5 Å². The Morgan fingerprint density at radius 1 is 1.07 bits per heavy atom. The van der Waals surface area contributed by atoms with E-state index in [1.54, 1.807) is 0 Å². The largest absolute Gasteiger partial charge is 0.507 e. The number of aryl methyl sites for hydroxylation is 1. The van der Waals surface area contributed by atoms with Crippen LogP contribution >= 0.6 is 0 Å². The second-order valence-corrected chi connectivity index (χ2v) is 9.13. The van der Waals surface area contributed by atoms with Crippen LogP contribution in [0.5, 0.6) is 5.75 Å². The first-order valence-corrected chi connectivity index (χ1v) is 10.6. The average molecular weight is 396 g/mol. The van der Waals surface area contributed by atoms with Crippen LogP contribution in [0.4, 0.5) is 0 Å². The molecule has 0 aliphatic carbocycles. The highest BCUT2D eigenvalue weighted by Crippen LogP contribution is 2.42. The van der Waals surface area contributed by atoms with E-state index in [2.05, 4.69) is 37.8 Å². The quantitative estimate of drug-likeness (QED) is 0.698. The van der Waals surface area contributed by atoms with Crippen LogP contribution in [0.25, 0.3) is 0 Å². The van der Waals surface area contributed by atoms with Gasteiger partial charge in [0.25, 0.3) is 0 Å². The van der Waals surface area contributed by atoms with Gasteiger partial charge in [0.1, 0.15) is 5.75 Å². The fraction of sp³-hybridized carbons (Fsp3) is 0.480. The second-order valence-electron chi connectivity index (χ2n) is 9.13. The molecule has 1 aliphatic rings. The van der Waals surface area contributed by atoms with E-state index >= 15 is 0 Å². The monoisotopic (exact) mass is 395 g/mol. The van der Waals surface area contributed by atoms with Gasteiger partial charge in [0.05, 0.1) is 6.04 Å². The van der Waals surface area contributed by atoms with Gasteiger partial charge in [0.15, 0.2) is 0 Å². The van der Waals surface area contributed by atoms with Crippen molar-refractivity contribution in [3.8, 4) is 5.75 Å². The van der Waals surface area contributed by atoms with Crippen LogP contribution < -0.4 is 0 Å². The maximum absolute atomic E-state index is 11.3. The van der Waals surface area contributed by atoms with E-state index in [9.17, 15) is 9.90 Å². The van der Waals surface area contributed by atoms with Gasteiger partial charge in [0.2, 0.25) is 0 Å². The number of carbonyl (C=O) groups is 1. The summed E-state index contributed by atoms with van der Waals surface area (Å²) in [5, 5.41) is 20.5. The molecule has 1 aliphatic heterocycles. The molecule has 0 amide bonds. The zero-order chi connectivity index (χ0) is 21.0. The summed E-state index contributed by atoms with van der Waals surface area (Å²) in [5.41, 5.74) is 3.68. The van der Waals surface area contributed by atoms with Crippen LogP contribution in [-0.2, 0) is 16.6 Å². The molecule has 0 spiro atoms. The minimum Gasteiger partial charge on any atom is -0.507 e. The topological polar surface area (TPSA) is 60.8 Å². The van der Waals surface area contributed by atoms with Gasteiger partial charge < -0.3 is 10.2 Å². The van der Waals surface area contributed by atoms with Crippen molar-refractivity contribution in [1.29, 1.82) is 0 Å². The first kappa shape index (κ1) is 21.4. The molecule has 3 rings (SSSR count). The molecular formula is C25H33NO3. The van der Waals surface area contributed by atoms with Gasteiger partial charge in [-0.15, -0.1) is 0 Å². The SMILES string of the molecule is CC(C)(C)c1cc(CCC(=O)O)cc(C(c2ccccc2)N2CCCCC2)c1O. The molecule has 0 radical (unpaired) electrons. The van der Waals surface area contributed by atoms with E-state index in [0.717, 1.165) is 42.6 Å². The molecule has 156 valence electrons. The Labute approximate surface area is 174 Å². The van der Waals surface area contributed by atoms with Crippen molar-refractivity contribution in [2.45, 2.75) is 64.3 Å². The summed E-state index contributed by atoms with van der Waals surface area (Å²) in [4.78, 5) is 13.6. The lowest BCUT2D eigenvalue weighted by atomic mass is 9.81. The standard InChI is InChI=1S/C25H33NO3/c1-25(2,3)21-17-18(12-13-22(27)28)16-20(24(21)29)23(19-10-6-4-7-11-19)26-14-8-5-9-15-26/h4,6-7,10-11,16-17,23,29H,5,8-9,12-15H2,1-3H3,(H,27,28). The minimum absolute atomic E-state index is 0.0256. The zero-order valence-electron chi connectivity index (χ0n) is 17.8. The Morgan fingerprint density at radius 2 is 1.72 bits per heavy atom. The number of rotatable bonds is 6. The number of piperidine rings is 1. The lowest BCUT2D eigenvalue weighted by molar-refractivity contribution is -0.136. The predicted octanol–water partition coefficient (Wildman–Crippen LogP) is 5.28. The number of phenolic OH excluding ortho intramolecular Hbond substituents is 1. The molecule has 1 saturated heterocycles. The predicted molar refractivity (Wildman–Crippen MR) is 116 cm³/mol. The third-order valence-corrected chi connectivity index (χ3v) is 5.80. The maximum atomic E-state index is 11.3. The molecule has 2 aromatic rings. The normalized spacial score (nSPS) is 16.5. The molecule has 1 fully saturated rings. The third kappa shape index (κ3) is 5.18. The lowest BCUT2D eigenvalue weighted by Gasteiger charge is -2.36. The van der Waals surface area contributed by atoms with Crippen LogP contribution in [-0.4, -0.2) is 34.2 Å². The summed E-state index contributed by atoms with van der Waals surface area (Å²) in [5.74, 6) is -0.455. The highest BCUT2D eigenvalue weighted by Gasteiger charge is 2.30. The number of carboxylic acid groups (broad SMARTS) is 1. The number of benzene rings is 2. The van der Waals surface area contributed by atoms with Crippen LogP contribution in [0.2, 0.25) is 0 Å². The van der Waals surface area contributed by atoms with Gasteiger partial charge in [-0.05, 0) is 54.5 Å². The van der Waals surface area contributed by atoms with Crippen LogP contribution in [0.1, 0.15) is 74.8 Å². The Morgan fingerprint density at radius 3 is 2.31 bits per heavy atom. The summed E-state index contributed by atoms with van der Waals surface area (Å²) >= 11 is 0. The molecule has 2 aromatic carbocycles. The number of phenols is 1. The van der Waals surface area contributed by atoms with Crippen molar-refractivity contribution in [3.63, 3.8) is 0 Å². The molecule has 1 unspecified atom stereocenters. The highest BCUT2D eigenvalue weighted by molar-refractivity contribution is 5.67. The third-order valence-electron chi connectivity index (χ3n) is 5.80. The van der Waals surface area contributed by atoms with E-state index in [1.165, 1.54) is 12.0 Å². The molecule has 29 heavy (non-hydrogen) atoms. The van der Waals surface area contributed by atoms with Crippen molar-refractivity contribution in [1.82, 2.24) is 4.90 Å². The Hall–Kier alpha value is -2.33. The van der Waals surface area contributed by atoms with Gasteiger partial charge in [-0.3, -0.25) is 9.69 Å². The highest BCUT2D eigenvalue weighted by atomic mass is 16.4. The van der Waals surface area contributed by atoms with Crippen molar-refractivity contribution in [2.24, 2.45) is 0 Å². The molecule has 1 atom stereocenters. The van der Waals surface area contributed by atoms with Crippen molar-refractivity contribution in [3.05, 3.63) is 64.7 Å². The summed E-state index contributed by atoms with van der Waals surface area (Å²) in [6, 6.07) is 14.3. The molecule has 1 heterocycles. The summed E-state index contributed by atoms with van der Waals surface area (Å²) in [7, 11) is 0. The minimum atomic E-state index is -0.799. The first-order valence-electron chi connectivity index (χ1n) is 10.6. The summed E-state index contributed by atoms with van der Waals surface area (Å²) in [6.07, 6.45) is 4.13. The molecule has 2 N–H and O–H groups in total. The fourth-order valence-corrected chi connectivity index (χ4v) is 4.29. The lowest BCUT2D eigenvalue weighted by Crippen LogP contribution is -2.34.